The number of carboxylic acids is 1. The molecular weight excluding hydrogens is 226 g/mol. The molecule has 0 amide bonds. The molecule has 1 N–H and O–H groups in total. The number of rotatable bonds is 8. The molecule has 0 fully saturated rings. The fraction of sp³-hybridized carbons (Fsp3) is 0.533. The maximum atomic E-state index is 11.0. The van der Waals surface area contributed by atoms with Gasteiger partial charge in [0.25, 0.3) is 0 Å². The molecule has 3 heteroatoms. The van der Waals surface area contributed by atoms with E-state index in [1.54, 1.807) is 0 Å². The summed E-state index contributed by atoms with van der Waals surface area (Å²) in [7, 11) is 0. The fourth-order valence-corrected chi connectivity index (χ4v) is 2.31. The van der Waals surface area contributed by atoms with Crippen LogP contribution in [0.2, 0.25) is 0 Å². The highest BCUT2D eigenvalue weighted by atomic mass is 16.4. The zero-order valence-corrected chi connectivity index (χ0v) is 11.3. The lowest BCUT2D eigenvalue weighted by molar-refractivity contribution is -0.139. The summed E-state index contributed by atoms with van der Waals surface area (Å²) < 4.78 is 0. The molecule has 0 spiro atoms. The quantitative estimate of drug-likeness (QED) is 0.768. The van der Waals surface area contributed by atoms with E-state index in [1.165, 1.54) is 5.56 Å². The van der Waals surface area contributed by atoms with Gasteiger partial charge in [-0.15, -0.1) is 0 Å². The van der Waals surface area contributed by atoms with Crippen LogP contribution in [0.4, 0.5) is 0 Å². The van der Waals surface area contributed by atoms with E-state index < -0.39 is 5.97 Å². The molecule has 0 bridgehead atoms. The van der Waals surface area contributed by atoms with E-state index in [-0.39, 0.29) is 12.6 Å². The van der Waals surface area contributed by atoms with Crippen molar-refractivity contribution in [2.45, 2.75) is 39.2 Å². The number of carboxylic acid groups (broad SMARTS) is 1. The van der Waals surface area contributed by atoms with Gasteiger partial charge in [0.2, 0.25) is 0 Å². The Morgan fingerprint density at radius 2 is 1.89 bits per heavy atom. The highest BCUT2D eigenvalue weighted by Crippen LogP contribution is 2.25. The second kappa shape index (κ2) is 7.88. The molecule has 3 nitrogen and oxygen atoms in total. The Kier molecular flexibility index (Phi) is 6.44. The second-order valence-corrected chi connectivity index (χ2v) is 4.58. The highest BCUT2D eigenvalue weighted by molar-refractivity contribution is 5.69. The molecule has 0 saturated heterocycles. The van der Waals surface area contributed by atoms with E-state index in [0.717, 1.165) is 25.8 Å². The predicted octanol–water partition coefficient (Wildman–Crippen LogP) is 3.32. The molecule has 1 aromatic rings. The molecule has 0 aliphatic carbocycles. The SMILES string of the molecule is CCCC(c1ccccc1)N(CCC)CC(=O)O. The van der Waals surface area contributed by atoms with E-state index >= 15 is 0 Å². The van der Waals surface area contributed by atoms with Crippen LogP contribution >= 0.6 is 0 Å². The van der Waals surface area contributed by atoms with Gasteiger partial charge in [-0.25, -0.2) is 0 Å². The third-order valence-corrected chi connectivity index (χ3v) is 3.04. The van der Waals surface area contributed by atoms with Crippen molar-refractivity contribution in [3.63, 3.8) is 0 Å². The van der Waals surface area contributed by atoms with Crippen LogP contribution in [0.5, 0.6) is 0 Å². The van der Waals surface area contributed by atoms with Gasteiger partial charge in [0, 0.05) is 6.04 Å². The molecule has 1 rings (SSSR count). The maximum Gasteiger partial charge on any atom is 0.317 e. The molecule has 0 heterocycles. The van der Waals surface area contributed by atoms with Crippen molar-refractivity contribution in [2.75, 3.05) is 13.1 Å². The number of benzene rings is 1. The summed E-state index contributed by atoms with van der Waals surface area (Å²) in [4.78, 5) is 13.1. The first-order valence-corrected chi connectivity index (χ1v) is 6.69. The summed E-state index contributed by atoms with van der Waals surface area (Å²) in [6, 6.07) is 10.4. The van der Waals surface area contributed by atoms with Crippen LogP contribution in [0, 0.1) is 0 Å². The lowest BCUT2D eigenvalue weighted by atomic mass is 10.0. The molecule has 1 unspecified atom stereocenters. The lowest BCUT2D eigenvalue weighted by Gasteiger charge is -2.30. The van der Waals surface area contributed by atoms with E-state index in [0.29, 0.717) is 0 Å². The number of hydrogen-bond donors (Lipinski definition) is 1. The maximum absolute atomic E-state index is 11.0. The van der Waals surface area contributed by atoms with Crippen LogP contribution in [0.25, 0.3) is 0 Å². The van der Waals surface area contributed by atoms with Crippen LogP contribution < -0.4 is 0 Å². The van der Waals surface area contributed by atoms with Crippen LogP contribution in [-0.4, -0.2) is 29.1 Å². The Morgan fingerprint density at radius 3 is 2.39 bits per heavy atom. The number of carbonyl (C=O) groups is 1. The molecule has 18 heavy (non-hydrogen) atoms. The first-order valence-electron chi connectivity index (χ1n) is 6.69. The Balaban J connectivity index is 2.88. The van der Waals surface area contributed by atoms with Crippen molar-refractivity contribution in [1.29, 1.82) is 0 Å². The predicted molar refractivity (Wildman–Crippen MR) is 73.6 cm³/mol. The van der Waals surface area contributed by atoms with Gasteiger partial charge in [-0.2, -0.15) is 0 Å². The van der Waals surface area contributed by atoms with Gasteiger partial charge >= 0.3 is 5.97 Å². The van der Waals surface area contributed by atoms with Crippen molar-refractivity contribution in [3.8, 4) is 0 Å². The molecule has 0 radical (unpaired) electrons. The first-order chi connectivity index (χ1) is 8.69. The monoisotopic (exact) mass is 249 g/mol. The third kappa shape index (κ3) is 4.49. The molecule has 1 atom stereocenters. The van der Waals surface area contributed by atoms with Crippen molar-refractivity contribution >= 4 is 5.97 Å². The lowest BCUT2D eigenvalue weighted by Crippen LogP contribution is -2.34. The summed E-state index contributed by atoms with van der Waals surface area (Å²) in [6.07, 6.45) is 3.02. The van der Waals surface area contributed by atoms with Crippen LogP contribution in [-0.2, 0) is 4.79 Å². The molecule has 0 aromatic heterocycles. The highest BCUT2D eigenvalue weighted by Gasteiger charge is 2.20. The Morgan fingerprint density at radius 1 is 1.22 bits per heavy atom. The van der Waals surface area contributed by atoms with E-state index in [9.17, 15) is 4.79 Å². The largest absolute Gasteiger partial charge is 0.480 e. The second-order valence-electron chi connectivity index (χ2n) is 4.58. The number of hydrogen-bond acceptors (Lipinski definition) is 2. The minimum absolute atomic E-state index is 0.118. The third-order valence-electron chi connectivity index (χ3n) is 3.04. The smallest absolute Gasteiger partial charge is 0.317 e. The van der Waals surface area contributed by atoms with Crippen LogP contribution in [0.15, 0.2) is 30.3 Å². The van der Waals surface area contributed by atoms with Crippen molar-refractivity contribution in [2.24, 2.45) is 0 Å². The minimum Gasteiger partial charge on any atom is -0.480 e. The number of nitrogens with zero attached hydrogens (tertiary/aromatic N) is 1. The normalized spacial score (nSPS) is 12.6. The summed E-state index contributed by atoms with van der Waals surface area (Å²) in [5.41, 5.74) is 1.22. The topological polar surface area (TPSA) is 40.5 Å². The van der Waals surface area contributed by atoms with E-state index in [4.69, 9.17) is 5.11 Å². The van der Waals surface area contributed by atoms with Crippen molar-refractivity contribution in [3.05, 3.63) is 35.9 Å². The van der Waals surface area contributed by atoms with Crippen molar-refractivity contribution < 1.29 is 9.90 Å². The molecule has 0 saturated carbocycles. The summed E-state index contributed by atoms with van der Waals surface area (Å²) in [5.74, 6) is -0.750. The minimum atomic E-state index is -0.750. The average Bonchev–Trinajstić information content (AvgIpc) is 2.36. The summed E-state index contributed by atoms with van der Waals surface area (Å²) >= 11 is 0. The van der Waals surface area contributed by atoms with Gasteiger partial charge < -0.3 is 5.11 Å². The molecule has 1 aromatic carbocycles. The Bertz CT molecular complexity index is 351. The standard InChI is InChI=1S/C15H23NO2/c1-3-8-14(13-9-6-5-7-10-13)16(11-4-2)12-15(17)18/h5-7,9-10,14H,3-4,8,11-12H2,1-2H3,(H,17,18). The number of aliphatic carboxylic acids is 1. The van der Waals surface area contributed by atoms with Gasteiger partial charge in [-0.3, -0.25) is 9.69 Å². The fourth-order valence-electron chi connectivity index (χ4n) is 2.31. The molecule has 0 aliphatic heterocycles. The summed E-state index contributed by atoms with van der Waals surface area (Å²) in [6.45, 7) is 5.17. The van der Waals surface area contributed by atoms with Gasteiger partial charge in [0.05, 0.1) is 6.54 Å². The van der Waals surface area contributed by atoms with Gasteiger partial charge in [0.15, 0.2) is 0 Å². The van der Waals surface area contributed by atoms with Gasteiger partial charge in [-0.05, 0) is 24.9 Å². The molecule has 0 aliphatic rings. The molecule has 100 valence electrons. The van der Waals surface area contributed by atoms with Crippen LogP contribution in [0.1, 0.15) is 44.7 Å². The Labute approximate surface area is 109 Å². The zero-order valence-electron chi connectivity index (χ0n) is 11.3. The van der Waals surface area contributed by atoms with Crippen LogP contribution in [0.3, 0.4) is 0 Å². The van der Waals surface area contributed by atoms with E-state index in [1.807, 2.05) is 18.2 Å². The first kappa shape index (κ1) is 14.7. The average molecular weight is 249 g/mol. The van der Waals surface area contributed by atoms with Gasteiger partial charge in [-0.1, -0.05) is 50.6 Å². The zero-order chi connectivity index (χ0) is 13.4. The molecular formula is C15H23NO2. The summed E-state index contributed by atoms with van der Waals surface area (Å²) in [5, 5.41) is 9.03. The van der Waals surface area contributed by atoms with Gasteiger partial charge in [0.1, 0.15) is 0 Å². The van der Waals surface area contributed by atoms with Crippen molar-refractivity contribution in [1.82, 2.24) is 4.90 Å². The van der Waals surface area contributed by atoms with E-state index in [2.05, 4.69) is 30.9 Å². The Hall–Kier alpha value is -1.35.